The number of pyridine rings is 2. The molecule has 0 aliphatic carbocycles. The maximum absolute atomic E-state index is 11.2. The van der Waals surface area contributed by atoms with Gasteiger partial charge in [0.2, 0.25) is 0 Å². The summed E-state index contributed by atoms with van der Waals surface area (Å²) in [5.74, 6) is -0.976. The number of carboxylic acids is 1. The summed E-state index contributed by atoms with van der Waals surface area (Å²) in [7, 11) is 0. The molecule has 0 unspecified atom stereocenters. The lowest BCUT2D eigenvalue weighted by molar-refractivity contribution is 0.0698. The second-order valence-corrected chi connectivity index (χ2v) is 4.57. The highest BCUT2D eigenvalue weighted by Crippen LogP contribution is 2.19. The Hall–Kier alpha value is -2.95. The number of aromatic carboxylic acids is 1. The van der Waals surface area contributed by atoms with Crippen molar-refractivity contribution in [2.45, 2.75) is 6.54 Å². The maximum Gasteiger partial charge on any atom is 0.337 e. The normalized spacial score (nSPS) is 10.5. The second kappa shape index (κ2) is 5.58. The fraction of sp³-hybridized carbons (Fsp3) is 0.0625. The highest BCUT2D eigenvalue weighted by Gasteiger charge is 2.09. The second-order valence-electron chi connectivity index (χ2n) is 4.57. The number of benzene rings is 1. The minimum absolute atomic E-state index is 0.207. The molecule has 3 aromatic rings. The lowest BCUT2D eigenvalue weighted by Crippen LogP contribution is -2.07. The zero-order valence-electron chi connectivity index (χ0n) is 11.2. The van der Waals surface area contributed by atoms with Gasteiger partial charge in [-0.15, -0.1) is 0 Å². The van der Waals surface area contributed by atoms with Gasteiger partial charge in [-0.1, -0.05) is 24.3 Å². The van der Waals surface area contributed by atoms with Gasteiger partial charge in [0.1, 0.15) is 0 Å². The average molecular weight is 279 g/mol. The predicted octanol–water partition coefficient (Wildman–Crippen LogP) is 2.94. The van der Waals surface area contributed by atoms with Gasteiger partial charge in [-0.05, 0) is 17.7 Å². The van der Waals surface area contributed by atoms with Gasteiger partial charge in [-0.25, -0.2) is 4.79 Å². The van der Waals surface area contributed by atoms with Gasteiger partial charge in [0, 0.05) is 24.3 Å². The molecule has 5 nitrogen and oxygen atoms in total. The average Bonchev–Trinajstić information content (AvgIpc) is 2.53. The quantitative estimate of drug-likeness (QED) is 0.768. The molecule has 0 spiro atoms. The molecule has 0 fully saturated rings. The van der Waals surface area contributed by atoms with Crippen LogP contribution in [-0.4, -0.2) is 21.0 Å². The highest BCUT2D eigenvalue weighted by molar-refractivity contribution is 5.93. The summed E-state index contributed by atoms with van der Waals surface area (Å²) in [5, 5.41) is 13.3. The number of carbonyl (C=O) groups is 1. The molecule has 0 bridgehead atoms. The van der Waals surface area contributed by atoms with Gasteiger partial charge < -0.3 is 10.4 Å². The van der Waals surface area contributed by atoms with Crippen LogP contribution in [0.25, 0.3) is 10.9 Å². The van der Waals surface area contributed by atoms with Crippen LogP contribution in [-0.2, 0) is 6.54 Å². The first-order valence-electron chi connectivity index (χ1n) is 6.49. The predicted molar refractivity (Wildman–Crippen MR) is 80.3 cm³/mol. The molecule has 0 saturated carbocycles. The molecule has 0 atom stereocenters. The molecular formula is C16H13N3O2. The third-order valence-electron chi connectivity index (χ3n) is 3.24. The molecule has 1 aromatic carbocycles. The molecule has 0 radical (unpaired) electrons. The fourth-order valence-corrected chi connectivity index (χ4v) is 2.22. The van der Waals surface area contributed by atoms with Crippen LogP contribution in [0.5, 0.6) is 0 Å². The SMILES string of the molecule is O=C(O)c1ccncc1NCc1cccc2cccnc12. The van der Waals surface area contributed by atoms with Crippen molar-refractivity contribution >= 4 is 22.6 Å². The van der Waals surface area contributed by atoms with E-state index in [0.717, 1.165) is 16.5 Å². The summed E-state index contributed by atoms with van der Waals surface area (Å²) in [6, 6.07) is 11.3. The topological polar surface area (TPSA) is 75.1 Å². The van der Waals surface area contributed by atoms with Gasteiger partial charge >= 0.3 is 5.97 Å². The Bertz CT molecular complexity index is 797. The van der Waals surface area contributed by atoms with E-state index in [-0.39, 0.29) is 5.56 Å². The molecule has 0 aliphatic rings. The first kappa shape index (κ1) is 13.1. The Labute approximate surface area is 121 Å². The summed E-state index contributed by atoms with van der Waals surface area (Å²) in [6.45, 7) is 0.486. The number of nitrogens with one attached hydrogen (secondary N) is 1. The Kier molecular flexibility index (Phi) is 3.47. The molecule has 2 heterocycles. The molecule has 0 saturated heterocycles. The standard InChI is InChI=1S/C16H13N3O2/c20-16(21)13-6-8-17-10-14(13)19-9-12-4-1-3-11-5-2-7-18-15(11)12/h1-8,10,19H,9H2,(H,20,21). The van der Waals surface area contributed by atoms with E-state index in [1.54, 1.807) is 6.20 Å². The number of rotatable bonds is 4. The molecule has 3 rings (SSSR count). The van der Waals surface area contributed by atoms with Crippen LogP contribution in [0, 0.1) is 0 Å². The summed E-state index contributed by atoms with van der Waals surface area (Å²) in [6.07, 6.45) is 4.73. The number of para-hydroxylation sites is 1. The van der Waals surface area contributed by atoms with Crippen LogP contribution in [0.1, 0.15) is 15.9 Å². The van der Waals surface area contributed by atoms with Gasteiger partial charge in [0.15, 0.2) is 0 Å². The highest BCUT2D eigenvalue weighted by atomic mass is 16.4. The van der Waals surface area contributed by atoms with Crippen molar-refractivity contribution in [3.8, 4) is 0 Å². The van der Waals surface area contributed by atoms with Crippen LogP contribution < -0.4 is 5.32 Å². The van der Waals surface area contributed by atoms with E-state index in [1.807, 2.05) is 30.3 Å². The lowest BCUT2D eigenvalue weighted by atomic mass is 10.1. The van der Waals surface area contributed by atoms with Crippen LogP contribution in [0.15, 0.2) is 55.0 Å². The Morgan fingerprint density at radius 1 is 1.14 bits per heavy atom. The Morgan fingerprint density at radius 2 is 2.00 bits per heavy atom. The molecule has 104 valence electrons. The van der Waals surface area contributed by atoms with Gasteiger partial charge in [-0.2, -0.15) is 0 Å². The number of hydrogen-bond donors (Lipinski definition) is 2. The first-order valence-corrected chi connectivity index (χ1v) is 6.49. The van der Waals surface area contributed by atoms with Crippen molar-refractivity contribution in [3.05, 3.63) is 66.1 Å². The molecule has 0 amide bonds. The molecule has 2 N–H and O–H groups in total. The number of hydrogen-bond acceptors (Lipinski definition) is 4. The van der Waals surface area contributed by atoms with E-state index >= 15 is 0 Å². The summed E-state index contributed by atoms with van der Waals surface area (Å²) in [5.41, 5.74) is 2.62. The van der Waals surface area contributed by atoms with Crippen molar-refractivity contribution in [3.63, 3.8) is 0 Å². The van der Waals surface area contributed by atoms with E-state index in [2.05, 4.69) is 15.3 Å². The number of fused-ring (bicyclic) bond motifs is 1. The van der Waals surface area contributed by atoms with Crippen molar-refractivity contribution < 1.29 is 9.90 Å². The minimum Gasteiger partial charge on any atom is -0.478 e. The Balaban J connectivity index is 1.89. The number of carboxylic acid groups (broad SMARTS) is 1. The third-order valence-corrected chi connectivity index (χ3v) is 3.24. The zero-order valence-corrected chi connectivity index (χ0v) is 11.2. The molecular weight excluding hydrogens is 266 g/mol. The third kappa shape index (κ3) is 2.67. The monoisotopic (exact) mass is 279 g/mol. The number of nitrogens with zero attached hydrogens (tertiary/aromatic N) is 2. The first-order chi connectivity index (χ1) is 10.3. The zero-order chi connectivity index (χ0) is 14.7. The largest absolute Gasteiger partial charge is 0.478 e. The summed E-state index contributed by atoms with van der Waals surface area (Å²) >= 11 is 0. The van der Waals surface area contributed by atoms with Crippen molar-refractivity contribution in [1.29, 1.82) is 0 Å². The van der Waals surface area contributed by atoms with E-state index in [4.69, 9.17) is 5.11 Å². The van der Waals surface area contributed by atoms with Crippen LogP contribution in [0.2, 0.25) is 0 Å². The van der Waals surface area contributed by atoms with Crippen LogP contribution >= 0.6 is 0 Å². The summed E-state index contributed by atoms with van der Waals surface area (Å²) in [4.78, 5) is 19.5. The van der Waals surface area contributed by atoms with E-state index in [0.29, 0.717) is 12.2 Å². The van der Waals surface area contributed by atoms with Crippen molar-refractivity contribution in [1.82, 2.24) is 9.97 Å². The number of aromatic nitrogens is 2. The van der Waals surface area contributed by atoms with E-state index in [1.165, 1.54) is 18.5 Å². The van der Waals surface area contributed by atoms with Gasteiger partial charge in [0.25, 0.3) is 0 Å². The number of anilines is 1. The molecule has 2 aromatic heterocycles. The fourth-order valence-electron chi connectivity index (χ4n) is 2.22. The minimum atomic E-state index is -0.976. The van der Waals surface area contributed by atoms with Gasteiger partial charge in [0.05, 0.1) is 23.0 Å². The van der Waals surface area contributed by atoms with E-state index < -0.39 is 5.97 Å². The molecule has 21 heavy (non-hydrogen) atoms. The Morgan fingerprint density at radius 3 is 2.86 bits per heavy atom. The van der Waals surface area contributed by atoms with Gasteiger partial charge in [-0.3, -0.25) is 9.97 Å². The molecule has 0 aliphatic heterocycles. The van der Waals surface area contributed by atoms with Crippen LogP contribution in [0.4, 0.5) is 5.69 Å². The summed E-state index contributed by atoms with van der Waals surface area (Å²) < 4.78 is 0. The van der Waals surface area contributed by atoms with Crippen LogP contribution in [0.3, 0.4) is 0 Å². The van der Waals surface area contributed by atoms with E-state index in [9.17, 15) is 4.79 Å². The smallest absolute Gasteiger partial charge is 0.337 e. The molecule has 5 heteroatoms. The lowest BCUT2D eigenvalue weighted by Gasteiger charge is -2.10. The maximum atomic E-state index is 11.2. The van der Waals surface area contributed by atoms with Crippen molar-refractivity contribution in [2.24, 2.45) is 0 Å². The van der Waals surface area contributed by atoms with Crippen molar-refractivity contribution in [2.75, 3.05) is 5.32 Å².